The summed E-state index contributed by atoms with van der Waals surface area (Å²) in [5.74, 6) is 0.955. The van der Waals surface area contributed by atoms with E-state index in [9.17, 15) is 0 Å². The predicted octanol–water partition coefficient (Wildman–Crippen LogP) is 3.57. The first-order chi connectivity index (χ1) is 8.26. The van der Waals surface area contributed by atoms with Crippen LogP contribution in [-0.2, 0) is 0 Å². The zero-order valence-corrected chi connectivity index (χ0v) is 13.1. The zero-order chi connectivity index (χ0) is 13.4. The van der Waals surface area contributed by atoms with Gasteiger partial charge in [0, 0.05) is 27.8 Å². The quantitative estimate of drug-likeness (QED) is 0.876. The number of aromatic nitrogens is 1. The number of pyridine rings is 1. The van der Waals surface area contributed by atoms with Gasteiger partial charge in [0.2, 0.25) is 0 Å². The molecule has 4 heteroatoms. The van der Waals surface area contributed by atoms with Gasteiger partial charge in [-0.2, -0.15) is 0 Å². The lowest BCUT2D eigenvalue weighted by atomic mass is 9.79. The van der Waals surface area contributed by atoms with Gasteiger partial charge >= 0.3 is 0 Å². The van der Waals surface area contributed by atoms with E-state index >= 15 is 0 Å². The first-order valence-corrected chi connectivity index (χ1v) is 7.23. The van der Waals surface area contributed by atoms with E-state index in [2.05, 4.69) is 59.2 Å². The Balaban J connectivity index is 2.07. The molecule has 0 saturated carbocycles. The molecule has 1 fully saturated rings. The lowest BCUT2D eigenvalue weighted by Crippen LogP contribution is -2.60. The molecule has 100 valence electrons. The van der Waals surface area contributed by atoms with Gasteiger partial charge in [0.25, 0.3) is 0 Å². The molecule has 1 aliphatic heterocycles. The fourth-order valence-electron chi connectivity index (χ4n) is 3.09. The lowest BCUT2D eigenvalue weighted by Gasteiger charge is -2.46. The number of anilines is 1. The van der Waals surface area contributed by atoms with Crippen molar-refractivity contribution in [2.75, 3.05) is 5.32 Å². The van der Waals surface area contributed by atoms with Gasteiger partial charge in [-0.25, -0.2) is 4.98 Å². The van der Waals surface area contributed by atoms with Gasteiger partial charge in [-0.3, -0.25) is 0 Å². The third-order valence-corrected chi connectivity index (χ3v) is 3.74. The van der Waals surface area contributed by atoms with E-state index in [1.54, 1.807) is 0 Å². The van der Waals surface area contributed by atoms with Crippen LogP contribution in [0.4, 0.5) is 5.82 Å². The van der Waals surface area contributed by atoms with E-state index in [4.69, 9.17) is 0 Å². The molecule has 0 atom stereocenters. The van der Waals surface area contributed by atoms with Crippen LogP contribution in [0.3, 0.4) is 0 Å². The maximum absolute atomic E-state index is 4.39. The molecule has 0 bridgehead atoms. The fourth-order valence-corrected chi connectivity index (χ4v) is 3.33. The number of nitrogens with zero attached hydrogens (tertiary/aromatic N) is 1. The monoisotopic (exact) mass is 311 g/mol. The van der Waals surface area contributed by atoms with Crippen molar-refractivity contribution in [3.63, 3.8) is 0 Å². The Morgan fingerprint density at radius 1 is 1.22 bits per heavy atom. The smallest absolute Gasteiger partial charge is 0.126 e. The van der Waals surface area contributed by atoms with Gasteiger partial charge in [-0.15, -0.1) is 0 Å². The van der Waals surface area contributed by atoms with Crippen LogP contribution in [-0.4, -0.2) is 22.1 Å². The highest BCUT2D eigenvalue weighted by Crippen LogP contribution is 2.30. The molecular formula is C14H22BrN3. The van der Waals surface area contributed by atoms with Crippen molar-refractivity contribution in [1.29, 1.82) is 0 Å². The van der Waals surface area contributed by atoms with Gasteiger partial charge in [0.1, 0.15) is 5.82 Å². The van der Waals surface area contributed by atoms with Gasteiger partial charge in [-0.05, 0) is 68.6 Å². The van der Waals surface area contributed by atoms with E-state index in [0.29, 0.717) is 6.04 Å². The summed E-state index contributed by atoms with van der Waals surface area (Å²) < 4.78 is 1.01. The van der Waals surface area contributed by atoms with Gasteiger partial charge in [-0.1, -0.05) is 0 Å². The van der Waals surface area contributed by atoms with Crippen LogP contribution in [0.25, 0.3) is 0 Å². The van der Waals surface area contributed by atoms with Crippen LogP contribution < -0.4 is 10.6 Å². The van der Waals surface area contributed by atoms with Crippen molar-refractivity contribution in [3.05, 3.63) is 22.8 Å². The largest absolute Gasteiger partial charge is 0.367 e. The number of nitrogens with one attached hydrogen (secondary N) is 2. The average Bonchev–Trinajstić information content (AvgIpc) is 2.16. The zero-order valence-electron chi connectivity index (χ0n) is 11.5. The summed E-state index contributed by atoms with van der Waals surface area (Å²) in [6.45, 7) is 9.05. The number of piperidine rings is 1. The van der Waals surface area contributed by atoms with Crippen LogP contribution in [0.1, 0.15) is 40.5 Å². The molecule has 1 aliphatic rings. The Kier molecular flexibility index (Phi) is 3.70. The second-order valence-corrected chi connectivity index (χ2v) is 7.42. The standard InChI is InChI=1S/C14H22BrN3/c1-13(2)7-11(8-14(3,4)18-13)17-12-6-5-10(15)9-16-12/h5-6,9,11,18H,7-8H2,1-4H3,(H,16,17). The highest BCUT2D eigenvalue weighted by molar-refractivity contribution is 9.10. The molecule has 3 nitrogen and oxygen atoms in total. The second kappa shape index (κ2) is 4.82. The number of hydrogen-bond donors (Lipinski definition) is 2. The topological polar surface area (TPSA) is 37.0 Å². The first kappa shape index (κ1) is 13.8. The Morgan fingerprint density at radius 2 is 1.83 bits per heavy atom. The van der Waals surface area contributed by atoms with E-state index < -0.39 is 0 Å². The average molecular weight is 312 g/mol. The summed E-state index contributed by atoms with van der Waals surface area (Å²) in [6.07, 6.45) is 4.04. The first-order valence-electron chi connectivity index (χ1n) is 6.43. The number of rotatable bonds is 2. The maximum Gasteiger partial charge on any atom is 0.126 e. The van der Waals surface area contributed by atoms with E-state index in [1.807, 2.05) is 18.3 Å². The van der Waals surface area contributed by atoms with Crippen molar-refractivity contribution in [2.24, 2.45) is 0 Å². The van der Waals surface area contributed by atoms with Crippen molar-refractivity contribution in [3.8, 4) is 0 Å². The summed E-state index contributed by atoms with van der Waals surface area (Å²) in [4.78, 5) is 4.39. The molecule has 0 radical (unpaired) electrons. The number of halogens is 1. The molecule has 18 heavy (non-hydrogen) atoms. The van der Waals surface area contributed by atoms with Gasteiger partial charge in [0.15, 0.2) is 0 Å². The Bertz CT molecular complexity index is 396. The Morgan fingerprint density at radius 3 is 2.33 bits per heavy atom. The third-order valence-electron chi connectivity index (χ3n) is 3.27. The summed E-state index contributed by atoms with van der Waals surface area (Å²) >= 11 is 3.41. The van der Waals surface area contributed by atoms with E-state index in [1.165, 1.54) is 0 Å². The number of hydrogen-bond acceptors (Lipinski definition) is 3. The molecule has 0 unspecified atom stereocenters. The minimum atomic E-state index is 0.161. The van der Waals surface area contributed by atoms with Crippen LogP contribution in [0.2, 0.25) is 0 Å². The molecule has 1 aromatic rings. The highest BCUT2D eigenvalue weighted by atomic mass is 79.9. The molecule has 0 amide bonds. The van der Waals surface area contributed by atoms with Crippen LogP contribution in [0, 0.1) is 0 Å². The van der Waals surface area contributed by atoms with Crippen molar-refractivity contribution >= 4 is 21.7 Å². The molecule has 0 spiro atoms. The van der Waals surface area contributed by atoms with Crippen molar-refractivity contribution in [2.45, 2.75) is 57.7 Å². The fraction of sp³-hybridized carbons (Fsp3) is 0.643. The lowest BCUT2D eigenvalue weighted by molar-refractivity contribution is 0.170. The normalized spacial score (nSPS) is 22.7. The highest BCUT2D eigenvalue weighted by Gasteiger charge is 2.37. The SMILES string of the molecule is CC1(C)CC(Nc2ccc(Br)cn2)CC(C)(C)N1. The molecule has 2 N–H and O–H groups in total. The summed E-state index contributed by atoms with van der Waals surface area (Å²) in [7, 11) is 0. The molecule has 1 saturated heterocycles. The molecule has 1 aromatic heterocycles. The van der Waals surface area contributed by atoms with Crippen LogP contribution in [0.15, 0.2) is 22.8 Å². The van der Waals surface area contributed by atoms with E-state index in [0.717, 1.165) is 23.1 Å². The Hall–Kier alpha value is -0.610. The minimum absolute atomic E-state index is 0.161. The molecule has 0 aromatic carbocycles. The second-order valence-electron chi connectivity index (χ2n) is 6.50. The van der Waals surface area contributed by atoms with Crippen LogP contribution in [0.5, 0.6) is 0 Å². The summed E-state index contributed by atoms with van der Waals surface area (Å²) in [6, 6.07) is 4.50. The Labute approximate surface area is 118 Å². The third kappa shape index (κ3) is 3.69. The molecule has 2 rings (SSSR count). The van der Waals surface area contributed by atoms with Crippen LogP contribution >= 0.6 is 15.9 Å². The molecular weight excluding hydrogens is 290 g/mol. The molecule has 0 aliphatic carbocycles. The minimum Gasteiger partial charge on any atom is -0.367 e. The van der Waals surface area contributed by atoms with Gasteiger partial charge < -0.3 is 10.6 Å². The summed E-state index contributed by atoms with van der Waals surface area (Å²) in [5.41, 5.74) is 0.323. The summed E-state index contributed by atoms with van der Waals surface area (Å²) in [5, 5.41) is 7.24. The molecule has 2 heterocycles. The van der Waals surface area contributed by atoms with Crippen molar-refractivity contribution < 1.29 is 0 Å². The predicted molar refractivity (Wildman–Crippen MR) is 79.9 cm³/mol. The maximum atomic E-state index is 4.39. The van der Waals surface area contributed by atoms with Gasteiger partial charge in [0.05, 0.1) is 0 Å². The van der Waals surface area contributed by atoms with Crippen molar-refractivity contribution in [1.82, 2.24) is 10.3 Å². The van der Waals surface area contributed by atoms with E-state index in [-0.39, 0.29) is 11.1 Å².